The first-order valence-electron chi connectivity index (χ1n) is 6.77. The summed E-state index contributed by atoms with van der Waals surface area (Å²) in [6.07, 6.45) is 3.81. The number of rotatable bonds is 6. The normalized spacial score (nSPS) is 15.8. The Kier molecular flexibility index (Phi) is 6.72. The molecule has 1 fully saturated rings. The van der Waals surface area contributed by atoms with Crippen LogP contribution in [0.25, 0.3) is 0 Å². The van der Waals surface area contributed by atoms with E-state index >= 15 is 0 Å². The van der Waals surface area contributed by atoms with Gasteiger partial charge in [-0.2, -0.15) is 0 Å². The minimum Gasteiger partial charge on any atom is -0.462 e. The zero-order valence-electron chi connectivity index (χ0n) is 11.4. The molecule has 0 saturated carbocycles. The van der Waals surface area contributed by atoms with Gasteiger partial charge in [-0.3, -0.25) is 9.59 Å². The molecular weight excluding hydrogens is 232 g/mol. The molecule has 0 spiro atoms. The van der Waals surface area contributed by atoms with Gasteiger partial charge in [-0.15, -0.1) is 0 Å². The third-order valence-corrected chi connectivity index (χ3v) is 2.86. The molecule has 0 aromatic carbocycles. The fourth-order valence-corrected chi connectivity index (χ4v) is 1.99. The summed E-state index contributed by atoms with van der Waals surface area (Å²) in [6, 6.07) is 0. The minimum atomic E-state index is -0.268. The molecule has 104 valence electrons. The van der Waals surface area contributed by atoms with Crippen molar-refractivity contribution in [3.05, 3.63) is 0 Å². The van der Waals surface area contributed by atoms with Crippen molar-refractivity contribution in [1.29, 1.82) is 0 Å². The van der Waals surface area contributed by atoms with E-state index < -0.39 is 0 Å². The lowest BCUT2D eigenvalue weighted by Gasteiger charge is -2.26. The van der Waals surface area contributed by atoms with Crippen molar-refractivity contribution in [2.24, 2.45) is 0 Å². The molecule has 0 bridgehead atoms. The van der Waals surface area contributed by atoms with Crippen LogP contribution in [0.1, 0.15) is 39.5 Å². The summed E-state index contributed by atoms with van der Waals surface area (Å²) in [4.78, 5) is 24.9. The molecular formula is C13H24N2O3. The highest BCUT2D eigenvalue weighted by molar-refractivity contribution is 5.76. The van der Waals surface area contributed by atoms with Gasteiger partial charge < -0.3 is 15.0 Å². The van der Waals surface area contributed by atoms with Crippen LogP contribution in [0.5, 0.6) is 0 Å². The summed E-state index contributed by atoms with van der Waals surface area (Å²) in [5, 5.41) is 2.94. The average molecular weight is 256 g/mol. The van der Waals surface area contributed by atoms with Gasteiger partial charge >= 0.3 is 5.97 Å². The Morgan fingerprint density at radius 3 is 2.50 bits per heavy atom. The molecule has 0 atom stereocenters. The second-order valence-electron chi connectivity index (χ2n) is 4.91. The first kappa shape index (κ1) is 15.0. The molecule has 1 aliphatic rings. The predicted molar refractivity (Wildman–Crippen MR) is 69.1 cm³/mol. The molecule has 1 heterocycles. The number of carbonyl (C=O) groups excluding carboxylic acids is 2. The van der Waals surface area contributed by atoms with Gasteiger partial charge in [-0.1, -0.05) is 0 Å². The van der Waals surface area contributed by atoms with E-state index in [-0.39, 0.29) is 24.5 Å². The molecule has 0 aliphatic carbocycles. The lowest BCUT2D eigenvalue weighted by atomic mass is 10.1. The first-order valence-corrected chi connectivity index (χ1v) is 6.77. The Hall–Kier alpha value is -1.10. The highest BCUT2D eigenvalue weighted by Crippen LogP contribution is 2.09. The maximum Gasteiger partial charge on any atom is 0.320 e. The predicted octanol–water partition coefficient (Wildman–Crippen LogP) is 0.930. The molecule has 0 unspecified atom stereocenters. The minimum absolute atomic E-state index is 0.0886. The number of nitrogens with one attached hydrogen (secondary N) is 1. The lowest BCUT2D eigenvalue weighted by molar-refractivity contribution is -0.146. The van der Waals surface area contributed by atoms with Crippen LogP contribution < -0.4 is 5.32 Å². The number of esters is 1. The van der Waals surface area contributed by atoms with E-state index in [1.54, 1.807) is 0 Å². The van der Waals surface area contributed by atoms with E-state index in [9.17, 15) is 9.59 Å². The van der Waals surface area contributed by atoms with Crippen LogP contribution in [0.15, 0.2) is 0 Å². The Morgan fingerprint density at radius 1 is 1.22 bits per heavy atom. The van der Waals surface area contributed by atoms with Gasteiger partial charge in [0.15, 0.2) is 0 Å². The Morgan fingerprint density at radius 2 is 1.89 bits per heavy atom. The van der Waals surface area contributed by atoms with Gasteiger partial charge in [0.2, 0.25) is 5.91 Å². The van der Waals surface area contributed by atoms with Gasteiger partial charge in [0.05, 0.1) is 12.6 Å². The standard InChI is InChI=1S/C13H24N2O3/c1-11(2)18-13(17)10-14-7-6-12(16)15-8-4-3-5-9-15/h11,14H,3-10H2,1-2H3. The van der Waals surface area contributed by atoms with Gasteiger partial charge in [0, 0.05) is 26.1 Å². The molecule has 1 rings (SSSR count). The van der Waals surface area contributed by atoms with E-state index in [4.69, 9.17) is 4.74 Å². The van der Waals surface area contributed by atoms with E-state index in [0.717, 1.165) is 25.9 Å². The van der Waals surface area contributed by atoms with Crippen LogP contribution in [-0.4, -0.2) is 49.1 Å². The van der Waals surface area contributed by atoms with Crippen LogP contribution in [-0.2, 0) is 14.3 Å². The van der Waals surface area contributed by atoms with Crippen molar-refractivity contribution < 1.29 is 14.3 Å². The average Bonchev–Trinajstić information content (AvgIpc) is 2.34. The van der Waals surface area contributed by atoms with Gasteiger partial charge in [0.1, 0.15) is 0 Å². The molecule has 1 aliphatic heterocycles. The zero-order valence-corrected chi connectivity index (χ0v) is 11.4. The molecule has 0 aromatic rings. The van der Waals surface area contributed by atoms with Gasteiger partial charge in [-0.05, 0) is 33.1 Å². The Labute approximate surface area is 109 Å². The van der Waals surface area contributed by atoms with Crippen molar-refractivity contribution in [3.63, 3.8) is 0 Å². The number of hydrogen-bond donors (Lipinski definition) is 1. The van der Waals surface area contributed by atoms with E-state index in [2.05, 4.69) is 5.32 Å². The van der Waals surface area contributed by atoms with E-state index in [1.165, 1.54) is 6.42 Å². The summed E-state index contributed by atoms with van der Waals surface area (Å²) in [5.41, 5.74) is 0. The molecule has 1 saturated heterocycles. The zero-order chi connectivity index (χ0) is 13.4. The number of nitrogens with zero attached hydrogens (tertiary/aromatic N) is 1. The summed E-state index contributed by atoms with van der Waals surface area (Å²) >= 11 is 0. The molecule has 5 nitrogen and oxygen atoms in total. The van der Waals surface area contributed by atoms with E-state index in [0.29, 0.717) is 13.0 Å². The Bertz CT molecular complexity index is 273. The fraction of sp³-hybridized carbons (Fsp3) is 0.846. The molecule has 5 heteroatoms. The summed E-state index contributed by atoms with van der Waals surface area (Å²) in [6.45, 7) is 6.10. The largest absolute Gasteiger partial charge is 0.462 e. The molecule has 0 aromatic heterocycles. The summed E-state index contributed by atoms with van der Waals surface area (Å²) < 4.78 is 4.98. The topological polar surface area (TPSA) is 58.6 Å². The number of piperidine rings is 1. The van der Waals surface area contributed by atoms with Crippen molar-refractivity contribution in [1.82, 2.24) is 10.2 Å². The van der Waals surface area contributed by atoms with Gasteiger partial charge in [-0.25, -0.2) is 0 Å². The van der Waals surface area contributed by atoms with Gasteiger partial charge in [0.25, 0.3) is 0 Å². The third-order valence-electron chi connectivity index (χ3n) is 2.86. The summed E-state index contributed by atoms with van der Waals surface area (Å²) in [7, 11) is 0. The summed E-state index contributed by atoms with van der Waals surface area (Å²) in [5.74, 6) is -0.0881. The van der Waals surface area contributed by atoms with Crippen LogP contribution in [0.4, 0.5) is 0 Å². The molecule has 1 amide bonds. The number of ether oxygens (including phenoxy) is 1. The number of hydrogen-bond acceptors (Lipinski definition) is 4. The molecule has 0 radical (unpaired) electrons. The second kappa shape index (κ2) is 8.08. The van der Waals surface area contributed by atoms with E-state index in [1.807, 2.05) is 18.7 Å². The monoisotopic (exact) mass is 256 g/mol. The number of amides is 1. The van der Waals surface area contributed by atoms with Crippen LogP contribution in [0, 0.1) is 0 Å². The first-order chi connectivity index (χ1) is 8.59. The van der Waals surface area contributed by atoms with Crippen LogP contribution in [0.3, 0.4) is 0 Å². The SMILES string of the molecule is CC(C)OC(=O)CNCCC(=O)N1CCCCC1. The smallest absolute Gasteiger partial charge is 0.320 e. The second-order valence-corrected chi connectivity index (χ2v) is 4.91. The number of carbonyl (C=O) groups is 2. The maximum atomic E-state index is 11.8. The van der Waals surface area contributed by atoms with Crippen molar-refractivity contribution in [2.75, 3.05) is 26.2 Å². The molecule has 18 heavy (non-hydrogen) atoms. The lowest BCUT2D eigenvalue weighted by Crippen LogP contribution is -2.37. The van der Waals surface area contributed by atoms with Crippen molar-refractivity contribution in [2.45, 2.75) is 45.6 Å². The van der Waals surface area contributed by atoms with Crippen molar-refractivity contribution >= 4 is 11.9 Å². The highest BCUT2D eigenvalue weighted by Gasteiger charge is 2.15. The number of likely N-dealkylation sites (tertiary alicyclic amines) is 1. The molecule has 1 N–H and O–H groups in total. The maximum absolute atomic E-state index is 11.8. The fourth-order valence-electron chi connectivity index (χ4n) is 1.99. The Balaban J connectivity index is 2.06. The third kappa shape index (κ3) is 6.00. The van der Waals surface area contributed by atoms with Crippen LogP contribution in [0.2, 0.25) is 0 Å². The van der Waals surface area contributed by atoms with Crippen molar-refractivity contribution in [3.8, 4) is 0 Å². The highest BCUT2D eigenvalue weighted by atomic mass is 16.5. The van der Waals surface area contributed by atoms with Crippen LogP contribution >= 0.6 is 0 Å². The quantitative estimate of drug-likeness (QED) is 0.567.